The lowest BCUT2D eigenvalue weighted by Gasteiger charge is -2.18. The van der Waals surface area contributed by atoms with E-state index < -0.39 is 10.0 Å². The molecule has 0 saturated carbocycles. The Labute approximate surface area is 122 Å². The number of pyridine rings is 1. The van der Waals surface area contributed by atoms with Gasteiger partial charge in [0.05, 0.1) is 17.0 Å². The van der Waals surface area contributed by atoms with E-state index in [0.717, 1.165) is 16.6 Å². The number of nitrogens with two attached hydrogens (primary N) is 1. The number of carbonyl (C=O) groups excluding carboxylic acids is 1. The number of sulfonamides is 1. The zero-order valence-corrected chi connectivity index (χ0v) is 12.1. The summed E-state index contributed by atoms with van der Waals surface area (Å²) >= 11 is 0. The normalized spacial score (nSPS) is 19.4. The predicted molar refractivity (Wildman–Crippen MR) is 80.2 cm³/mol. The highest BCUT2D eigenvalue weighted by molar-refractivity contribution is 7.89. The van der Waals surface area contributed by atoms with E-state index in [4.69, 9.17) is 5.14 Å². The van der Waals surface area contributed by atoms with Crippen molar-refractivity contribution >= 4 is 32.5 Å². The molecule has 1 aromatic carbocycles. The van der Waals surface area contributed by atoms with Gasteiger partial charge in [0.1, 0.15) is 0 Å². The Kier molecular flexibility index (Phi) is 3.38. The molecule has 1 aromatic heterocycles. The summed E-state index contributed by atoms with van der Waals surface area (Å²) in [5.74, 6) is -0.516. The molecule has 0 spiro atoms. The molecule has 1 unspecified atom stereocenters. The second-order valence-corrected chi connectivity index (χ2v) is 6.91. The Morgan fingerprint density at radius 1 is 1.29 bits per heavy atom. The molecule has 0 bridgehead atoms. The number of carbonyl (C=O) groups is 1. The molecular formula is C14H15N3O3S. The molecule has 1 saturated heterocycles. The van der Waals surface area contributed by atoms with E-state index >= 15 is 0 Å². The van der Waals surface area contributed by atoms with Gasteiger partial charge < -0.3 is 4.90 Å². The third-order valence-corrected chi connectivity index (χ3v) is 4.52. The monoisotopic (exact) mass is 305 g/mol. The zero-order valence-electron chi connectivity index (χ0n) is 11.3. The van der Waals surface area contributed by atoms with Crippen LogP contribution < -0.4 is 10.0 Å². The zero-order chi connectivity index (χ0) is 15.0. The maximum absolute atomic E-state index is 12.2. The molecule has 6 nitrogen and oxygen atoms in total. The number of fused-ring (bicyclic) bond motifs is 1. The van der Waals surface area contributed by atoms with Crippen LogP contribution in [0.1, 0.15) is 6.42 Å². The van der Waals surface area contributed by atoms with Crippen molar-refractivity contribution in [2.45, 2.75) is 6.42 Å². The molecule has 2 heterocycles. The first-order valence-corrected chi connectivity index (χ1v) is 8.30. The quantitative estimate of drug-likeness (QED) is 0.910. The number of aromatic nitrogens is 1. The highest BCUT2D eigenvalue weighted by atomic mass is 32.2. The maximum atomic E-state index is 12.2. The highest BCUT2D eigenvalue weighted by Crippen LogP contribution is 2.31. The van der Waals surface area contributed by atoms with E-state index in [0.29, 0.717) is 6.54 Å². The van der Waals surface area contributed by atoms with E-state index in [-0.39, 0.29) is 24.0 Å². The van der Waals surface area contributed by atoms with E-state index in [1.54, 1.807) is 11.1 Å². The summed E-state index contributed by atoms with van der Waals surface area (Å²) in [7, 11) is -3.57. The van der Waals surface area contributed by atoms with E-state index in [1.165, 1.54) is 0 Å². The second-order valence-electron chi connectivity index (χ2n) is 5.25. The number of benzene rings is 1. The third-order valence-electron chi connectivity index (χ3n) is 3.59. The van der Waals surface area contributed by atoms with Crippen molar-refractivity contribution in [3.8, 4) is 0 Å². The summed E-state index contributed by atoms with van der Waals surface area (Å²) in [5, 5.41) is 5.95. The summed E-state index contributed by atoms with van der Waals surface area (Å²) < 4.78 is 22.4. The van der Waals surface area contributed by atoms with Crippen LogP contribution in [-0.4, -0.2) is 31.6 Å². The number of rotatable bonds is 3. The van der Waals surface area contributed by atoms with Gasteiger partial charge in [0.2, 0.25) is 15.9 Å². The molecule has 0 aliphatic carbocycles. The van der Waals surface area contributed by atoms with Crippen LogP contribution in [0.3, 0.4) is 0 Å². The van der Waals surface area contributed by atoms with Crippen molar-refractivity contribution in [1.29, 1.82) is 0 Å². The van der Waals surface area contributed by atoms with E-state index in [2.05, 4.69) is 4.98 Å². The molecule has 110 valence electrons. The van der Waals surface area contributed by atoms with Gasteiger partial charge in [0.15, 0.2) is 0 Å². The van der Waals surface area contributed by atoms with Gasteiger partial charge in [-0.1, -0.05) is 6.07 Å². The molecule has 21 heavy (non-hydrogen) atoms. The van der Waals surface area contributed by atoms with Gasteiger partial charge in [-0.3, -0.25) is 9.78 Å². The standard InChI is InChI=1S/C14H15N3O3S/c15-21(19,20)9-10-7-14(18)17(8-10)13-5-1-4-12-11(13)3-2-6-16-12/h1-6,10H,7-9H2,(H2,15,19,20). The Morgan fingerprint density at radius 2 is 2.10 bits per heavy atom. The Hall–Kier alpha value is -1.99. The molecule has 2 aromatic rings. The van der Waals surface area contributed by atoms with Gasteiger partial charge in [0.25, 0.3) is 0 Å². The minimum Gasteiger partial charge on any atom is -0.311 e. The van der Waals surface area contributed by atoms with Crippen molar-refractivity contribution in [2.75, 3.05) is 17.2 Å². The summed E-state index contributed by atoms with van der Waals surface area (Å²) in [6.45, 7) is 0.364. The van der Waals surface area contributed by atoms with Crippen LogP contribution in [0.25, 0.3) is 10.9 Å². The van der Waals surface area contributed by atoms with Gasteiger partial charge in [-0.15, -0.1) is 0 Å². The van der Waals surface area contributed by atoms with Crippen LogP contribution in [0.5, 0.6) is 0 Å². The van der Waals surface area contributed by atoms with Gasteiger partial charge in [0, 0.05) is 30.5 Å². The van der Waals surface area contributed by atoms with Gasteiger partial charge in [-0.05, 0) is 24.3 Å². The molecule has 1 amide bonds. The van der Waals surface area contributed by atoms with Crippen molar-refractivity contribution in [3.63, 3.8) is 0 Å². The Bertz CT molecular complexity index is 799. The average molecular weight is 305 g/mol. The fourth-order valence-corrected chi connectivity index (χ4v) is 3.66. The largest absolute Gasteiger partial charge is 0.311 e. The number of hydrogen-bond donors (Lipinski definition) is 1. The van der Waals surface area contributed by atoms with Crippen LogP contribution in [0.2, 0.25) is 0 Å². The van der Waals surface area contributed by atoms with Gasteiger partial charge >= 0.3 is 0 Å². The minimum atomic E-state index is -3.57. The molecule has 7 heteroatoms. The van der Waals surface area contributed by atoms with Crippen LogP contribution in [0.15, 0.2) is 36.5 Å². The van der Waals surface area contributed by atoms with Gasteiger partial charge in [-0.25, -0.2) is 13.6 Å². The number of primary sulfonamides is 1. The first-order chi connectivity index (χ1) is 9.94. The molecule has 1 aliphatic heterocycles. The average Bonchev–Trinajstić information content (AvgIpc) is 2.76. The predicted octanol–water partition coefficient (Wildman–Crippen LogP) is 0.876. The fraction of sp³-hybridized carbons (Fsp3) is 0.286. The second kappa shape index (κ2) is 5.09. The lowest BCUT2D eigenvalue weighted by atomic mass is 10.1. The van der Waals surface area contributed by atoms with Crippen LogP contribution in [-0.2, 0) is 14.8 Å². The Balaban J connectivity index is 1.95. The molecule has 1 aliphatic rings. The first kappa shape index (κ1) is 14.0. The lowest BCUT2D eigenvalue weighted by molar-refractivity contribution is -0.117. The lowest BCUT2D eigenvalue weighted by Crippen LogP contribution is -2.27. The van der Waals surface area contributed by atoms with Crippen molar-refractivity contribution in [1.82, 2.24) is 4.98 Å². The van der Waals surface area contributed by atoms with Gasteiger partial charge in [-0.2, -0.15) is 0 Å². The molecular weight excluding hydrogens is 290 g/mol. The smallest absolute Gasteiger partial charge is 0.227 e. The van der Waals surface area contributed by atoms with Crippen molar-refractivity contribution in [3.05, 3.63) is 36.5 Å². The molecule has 1 atom stereocenters. The molecule has 2 N–H and O–H groups in total. The minimum absolute atomic E-state index is 0.0833. The summed E-state index contributed by atoms with van der Waals surface area (Å²) in [6.07, 6.45) is 1.90. The molecule has 1 fully saturated rings. The summed E-state index contributed by atoms with van der Waals surface area (Å²) in [4.78, 5) is 18.1. The molecule has 0 radical (unpaired) electrons. The van der Waals surface area contributed by atoms with Crippen molar-refractivity contribution in [2.24, 2.45) is 11.1 Å². The third kappa shape index (κ3) is 2.88. The highest BCUT2D eigenvalue weighted by Gasteiger charge is 2.33. The first-order valence-electron chi connectivity index (χ1n) is 6.58. The van der Waals surface area contributed by atoms with Crippen molar-refractivity contribution < 1.29 is 13.2 Å². The number of amides is 1. The number of hydrogen-bond acceptors (Lipinski definition) is 4. The maximum Gasteiger partial charge on any atom is 0.227 e. The fourth-order valence-electron chi connectivity index (χ4n) is 2.78. The number of nitrogens with zero attached hydrogens (tertiary/aromatic N) is 2. The van der Waals surface area contributed by atoms with E-state index in [9.17, 15) is 13.2 Å². The van der Waals surface area contributed by atoms with Crippen LogP contribution in [0.4, 0.5) is 5.69 Å². The SMILES string of the molecule is NS(=O)(=O)CC1CC(=O)N(c2cccc3ncccc23)C1. The molecule has 3 rings (SSSR count). The number of anilines is 1. The summed E-state index contributed by atoms with van der Waals surface area (Å²) in [6, 6.07) is 9.28. The van der Waals surface area contributed by atoms with Crippen LogP contribution >= 0.6 is 0 Å². The summed E-state index contributed by atoms with van der Waals surface area (Å²) in [5.41, 5.74) is 1.57. The topological polar surface area (TPSA) is 93.4 Å². The van der Waals surface area contributed by atoms with Crippen LogP contribution in [0, 0.1) is 5.92 Å². The Morgan fingerprint density at radius 3 is 2.86 bits per heavy atom. The van der Waals surface area contributed by atoms with E-state index in [1.807, 2.05) is 30.3 Å².